The quantitative estimate of drug-likeness (QED) is 0.620. The van der Waals surface area contributed by atoms with Gasteiger partial charge in [-0.05, 0) is 26.8 Å². The SMILES string of the molecule is CC=CCn1c(=O)c2c(nc3n2C(C)C(C)=NN3Cc2ccccc2F)n(C)c1=O. The summed E-state index contributed by atoms with van der Waals surface area (Å²) in [7, 11) is 1.59. The fourth-order valence-corrected chi connectivity index (χ4v) is 3.65. The first-order valence-electron chi connectivity index (χ1n) is 9.74. The van der Waals surface area contributed by atoms with Gasteiger partial charge in [-0.2, -0.15) is 10.1 Å². The van der Waals surface area contributed by atoms with E-state index in [0.29, 0.717) is 17.0 Å². The lowest BCUT2D eigenvalue weighted by Gasteiger charge is -2.29. The van der Waals surface area contributed by atoms with Gasteiger partial charge in [0.05, 0.1) is 18.3 Å². The molecule has 0 spiro atoms. The number of halogens is 1. The number of benzene rings is 1. The number of allylic oxidation sites excluding steroid dienone is 2. The lowest BCUT2D eigenvalue weighted by atomic mass is 10.2. The second kappa shape index (κ2) is 7.40. The Morgan fingerprint density at radius 1 is 1.23 bits per heavy atom. The van der Waals surface area contributed by atoms with Crippen molar-refractivity contribution >= 4 is 22.8 Å². The van der Waals surface area contributed by atoms with Crippen LogP contribution in [0.5, 0.6) is 0 Å². The highest BCUT2D eigenvalue weighted by molar-refractivity contribution is 5.91. The van der Waals surface area contributed by atoms with Crippen LogP contribution in [0.25, 0.3) is 11.2 Å². The van der Waals surface area contributed by atoms with Crippen molar-refractivity contribution in [3.63, 3.8) is 0 Å². The number of hydrogen-bond acceptors (Lipinski definition) is 5. The van der Waals surface area contributed by atoms with Crippen LogP contribution in [0.3, 0.4) is 0 Å². The highest BCUT2D eigenvalue weighted by atomic mass is 19.1. The summed E-state index contributed by atoms with van der Waals surface area (Å²) in [6, 6.07) is 6.23. The molecule has 0 saturated heterocycles. The fraction of sp³-hybridized carbons (Fsp3) is 0.333. The van der Waals surface area contributed by atoms with E-state index in [1.54, 1.807) is 47.0 Å². The molecule has 8 nitrogen and oxygen atoms in total. The van der Waals surface area contributed by atoms with Crippen LogP contribution in [0.2, 0.25) is 0 Å². The molecule has 30 heavy (non-hydrogen) atoms. The van der Waals surface area contributed by atoms with Gasteiger partial charge in [0.25, 0.3) is 5.56 Å². The number of anilines is 1. The highest BCUT2D eigenvalue weighted by Crippen LogP contribution is 2.31. The third kappa shape index (κ3) is 2.97. The number of hydrazone groups is 1. The van der Waals surface area contributed by atoms with Gasteiger partial charge in [0.2, 0.25) is 5.95 Å². The number of hydrogen-bond donors (Lipinski definition) is 0. The van der Waals surface area contributed by atoms with E-state index in [9.17, 15) is 14.0 Å². The van der Waals surface area contributed by atoms with E-state index < -0.39 is 11.2 Å². The van der Waals surface area contributed by atoms with Crippen LogP contribution in [0, 0.1) is 5.82 Å². The lowest BCUT2D eigenvalue weighted by molar-refractivity contribution is 0.591. The van der Waals surface area contributed by atoms with Crippen LogP contribution in [-0.2, 0) is 20.1 Å². The largest absolute Gasteiger partial charge is 0.332 e. The predicted molar refractivity (Wildman–Crippen MR) is 114 cm³/mol. The Morgan fingerprint density at radius 3 is 2.67 bits per heavy atom. The maximum absolute atomic E-state index is 14.2. The summed E-state index contributed by atoms with van der Waals surface area (Å²) in [5.74, 6) is 0.0648. The van der Waals surface area contributed by atoms with Gasteiger partial charge in [0, 0.05) is 19.2 Å². The number of fused-ring (bicyclic) bond motifs is 3. The fourth-order valence-electron chi connectivity index (χ4n) is 3.65. The molecule has 0 saturated carbocycles. The predicted octanol–water partition coefficient (Wildman–Crippen LogP) is 2.57. The third-order valence-corrected chi connectivity index (χ3v) is 5.46. The standard InChI is InChI=1S/C21H23FN6O2/c1-5-6-11-26-19(29)17-18(25(4)21(26)30)23-20-27(24-13(2)14(3)28(17)20)12-15-9-7-8-10-16(15)22/h5-10,14H,11-12H2,1-4H3. The minimum absolute atomic E-state index is 0.154. The molecule has 3 aromatic rings. The summed E-state index contributed by atoms with van der Waals surface area (Å²) in [4.78, 5) is 30.6. The van der Waals surface area contributed by atoms with Crippen LogP contribution < -0.4 is 16.3 Å². The lowest BCUT2D eigenvalue weighted by Crippen LogP contribution is -2.40. The first-order valence-corrected chi connectivity index (χ1v) is 9.74. The molecular weight excluding hydrogens is 387 g/mol. The minimum Gasteiger partial charge on any atom is -0.294 e. The number of aryl methyl sites for hydroxylation is 1. The molecule has 9 heteroatoms. The van der Waals surface area contributed by atoms with E-state index in [-0.39, 0.29) is 30.6 Å². The van der Waals surface area contributed by atoms with Gasteiger partial charge in [-0.3, -0.25) is 18.5 Å². The Hall–Kier alpha value is -3.49. The molecule has 0 radical (unpaired) electrons. The molecule has 0 fully saturated rings. The molecule has 1 aliphatic rings. The molecule has 0 N–H and O–H groups in total. The Morgan fingerprint density at radius 2 is 1.97 bits per heavy atom. The van der Waals surface area contributed by atoms with Crippen molar-refractivity contribution in [1.29, 1.82) is 0 Å². The van der Waals surface area contributed by atoms with Crippen LogP contribution in [0.4, 0.5) is 10.3 Å². The summed E-state index contributed by atoms with van der Waals surface area (Å²) in [5.41, 5.74) is 0.987. The number of rotatable bonds is 4. The molecule has 1 atom stereocenters. The van der Waals surface area contributed by atoms with Crippen LogP contribution in [0.15, 0.2) is 51.1 Å². The van der Waals surface area contributed by atoms with Crippen LogP contribution in [0.1, 0.15) is 32.4 Å². The molecule has 0 aliphatic carbocycles. The van der Waals surface area contributed by atoms with Gasteiger partial charge in [0.15, 0.2) is 11.2 Å². The van der Waals surface area contributed by atoms with Crippen LogP contribution in [-0.4, -0.2) is 24.4 Å². The first-order chi connectivity index (χ1) is 14.3. The first kappa shape index (κ1) is 19.8. The van der Waals surface area contributed by atoms with E-state index >= 15 is 0 Å². The summed E-state index contributed by atoms with van der Waals surface area (Å²) in [6.07, 6.45) is 3.54. The molecule has 2 aromatic heterocycles. The van der Waals surface area contributed by atoms with E-state index in [2.05, 4.69) is 10.1 Å². The Bertz CT molecular complexity index is 1310. The van der Waals surface area contributed by atoms with E-state index in [1.807, 2.05) is 20.8 Å². The smallest absolute Gasteiger partial charge is 0.294 e. The zero-order chi connectivity index (χ0) is 21.6. The number of nitrogens with zero attached hydrogens (tertiary/aromatic N) is 6. The van der Waals surface area contributed by atoms with Gasteiger partial charge in [-0.25, -0.2) is 14.2 Å². The van der Waals surface area contributed by atoms with Crippen LogP contribution >= 0.6 is 0 Å². The average Bonchev–Trinajstić information content (AvgIpc) is 3.13. The monoisotopic (exact) mass is 410 g/mol. The van der Waals surface area contributed by atoms with Gasteiger partial charge in [0.1, 0.15) is 5.82 Å². The van der Waals surface area contributed by atoms with Crippen molar-refractivity contribution < 1.29 is 4.39 Å². The van der Waals surface area contributed by atoms with Crippen molar-refractivity contribution in [1.82, 2.24) is 18.7 Å². The molecular formula is C21H23FN6O2. The van der Waals surface area contributed by atoms with Crippen molar-refractivity contribution in [2.24, 2.45) is 12.1 Å². The molecule has 4 rings (SSSR count). The van der Waals surface area contributed by atoms with Crippen molar-refractivity contribution in [3.05, 3.63) is 68.6 Å². The summed E-state index contributed by atoms with van der Waals surface area (Å²) in [5, 5.41) is 6.16. The highest BCUT2D eigenvalue weighted by Gasteiger charge is 2.30. The third-order valence-electron chi connectivity index (χ3n) is 5.46. The molecule has 0 amide bonds. The van der Waals surface area contributed by atoms with E-state index in [4.69, 9.17) is 0 Å². The molecule has 1 unspecified atom stereocenters. The van der Waals surface area contributed by atoms with Gasteiger partial charge < -0.3 is 0 Å². The Balaban J connectivity index is 1.96. The molecule has 1 aliphatic heterocycles. The number of aromatic nitrogens is 4. The number of imidazole rings is 1. The zero-order valence-corrected chi connectivity index (χ0v) is 17.3. The second-order valence-electron chi connectivity index (χ2n) is 7.35. The topological polar surface area (TPSA) is 77.4 Å². The normalized spacial score (nSPS) is 16.4. The Labute approximate surface area is 172 Å². The van der Waals surface area contributed by atoms with Crippen molar-refractivity contribution in [2.45, 2.75) is 39.9 Å². The molecule has 3 heterocycles. The summed E-state index contributed by atoms with van der Waals surface area (Å²) >= 11 is 0. The molecule has 156 valence electrons. The summed E-state index contributed by atoms with van der Waals surface area (Å²) < 4.78 is 18.6. The minimum atomic E-state index is -0.438. The average molecular weight is 410 g/mol. The van der Waals surface area contributed by atoms with Gasteiger partial charge in [-0.1, -0.05) is 30.4 Å². The van der Waals surface area contributed by atoms with Gasteiger partial charge in [-0.15, -0.1) is 0 Å². The maximum atomic E-state index is 14.2. The van der Waals surface area contributed by atoms with Gasteiger partial charge >= 0.3 is 5.69 Å². The second-order valence-corrected chi connectivity index (χ2v) is 7.35. The molecule has 1 aromatic carbocycles. The van der Waals surface area contributed by atoms with E-state index in [0.717, 1.165) is 5.71 Å². The zero-order valence-electron chi connectivity index (χ0n) is 17.3. The van der Waals surface area contributed by atoms with Crippen molar-refractivity contribution in [2.75, 3.05) is 5.01 Å². The Kier molecular flexibility index (Phi) is 4.89. The van der Waals surface area contributed by atoms with Crippen molar-refractivity contribution in [3.8, 4) is 0 Å². The summed E-state index contributed by atoms with van der Waals surface area (Å²) in [6.45, 7) is 5.94. The van der Waals surface area contributed by atoms with E-state index in [1.165, 1.54) is 15.2 Å². The maximum Gasteiger partial charge on any atom is 0.332 e. The molecule has 0 bridgehead atoms.